The molecule has 2 aliphatic rings. The van der Waals surface area contributed by atoms with E-state index in [2.05, 4.69) is 5.32 Å². The van der Waals surface area contributed by atoms with Gasteiger partial charge in [-0.25, -0.2) is 0 Å². The van der Waals surface area contributed by atoms with E-state index in [0.29, 0.717) is 31.1 Å². The van der Waals surface area contributed by atoms with Crippen molar-refractivity contribution in [2.24, 2.45) is 11.7 Å². The molecule has 1 saturated carbocycles. The van der Waals surface area contributed by atoms with Crippen LogP contribution in [0.4, 0.5) is 0 Å². The van der Waals surface area contributed by atoms with Gasteiger partial charge in [-0.15, -0.1) is 0 Å². The van der Waals surface area contributed by atoms with E-state index in [4.69, 9.17) is 10.2 Å². The van der Waals surface area contributed by atoms with Gasteiger partial charge in [0.05, 0.1) is 5.60 Å². The zero-order chi connectivity index (χ0) is 14.2. The van der Waals surface area contributed by atoms with Gasteiger partial charge in [-0.2, -0.15) is 0 Å². The Labute approximate surface area is 118 Å². The fourth-order valence-corrected chi connectivity index (χ4v) is 3.26. The van der Waals surface area contributed by atoms with E-state index in [9.17, 15) is 9.90 Å². The fraction of sp³-hybridized carbons (Fsp3) is 0.667. The molecule has 0 saturated heterocycles. The van der Waals surface area contributed by atoms with Gasteiger partial charge in [-0.05, 0) is 56.2 Å². The molecule has 5 heteroatoms. The Morgan fingerprint density at radius 1 is 1.45 bits per heavy atom. The van der Waals surface area contributed by atoms with E-state index in [1.807, 2.05) is 6.07 Å². The van der Waals surface area contributed by atoms with E-state index < -0.39 is 5.60 Å². The van der Waals surface area contributed by atoms with Crippen molar-refractivity contribution in [1.82, 2.24) is 5.32 Å². The van der Waals surface area contributed by atoms with Crippen molar-refractivity contribution >= 4 is 5.91 Å². The number of aliphatic hydroxyl groups is 1. The topological polar surface area (TPSA) is 88.5 Å². The molecule has 20 heavy (non-hydrogen) atoms. The molecule has 0 aliphatic heterocycles. The maximum Gasteiger partial charge on any atom is 0.287 e. The molecule has 0 spiro atoms. The largest absolute Gasteiger partial charge is 0.456 e. The maximum absolute atomic E-state index is 12.1. The average Bonchev–Trinajstić information content (AvgIpc) is 2.85. The predicted molar refractivity (Wildman–Crippen MR) is 74.4 cm³/mol. The standard InChI is InChI=1S/C15H22N2O3/c16-8-10-6-15(19,7-10)9-17-14(18)13-5-11-3-1-2-4-12(11)20-13/h5,10,19H,1-4,6-9,16H2,(H,17,18). The van der Waals surface area contributed by atoms with Crippen LogP contribution in [0.1, 0.15) is 47.6 Å². The van der Waals surface area contributed by atoms with Crippen LogP contribution in [0.3, 0.4) is 0 Å². The number of aryl methyl sites for hydroxylation is 2. The van der Waals surface area contributed by atoms with E-state index in [1.165, 1.54) is 0 Å². The van der Waals surface area contributed by atoms with Gasteiger partial charge in [0.2, 0.25) is 0 Å². The summed E-state index contributed by atoms with van der Waals surface area (Å²) >= 11 is 0. The molecule has 1 aromatic heterocycles. The number of furan rings is 1. The Morgan fingerprint density at radius 2 is 2.20 bits per heavy atom. The molecule has 0 radical (unpaired) electrons. The van der Waals surface area contributed by atoms with Gasteiger partial charge in [0, 0.05) is 13.0 Å². The van der Waals surface area contributed by atoms with Crippen LogP contribution < -0.4 is 11.1 Å². The minimum atomic E-state index is -0.786. The first kappa shape index (κ1) is 13.6. The summed E-state index contributed by atoms with van der Waals surface area (Å²) in [4.78, 5) is 12.1. The first-order valence-electron chi connectivity index (χ1n) is 7.42. The monoisotopic (exact) mass is 278 g/mol. The van der Waals surface area contributed by atoms with E-state index in [0.717, 1.165) is 37.0 Å². The molecule has 4 N–H and O–H groups in total. The second-order valence-corrected chi connectivity index (χ2v) is 6.18. The number of amides is 1. The minimum absolute atomic E-state index is 0.232. The van der Waals surface area contributed by atoms with Crippen LogP contribution in [0.15, 0.2) is 10.5 Å². The quantitative estimate of drug-likeness (QED) is 0.766. The lowest BCUT2D eigenvalue weighted by atomic mass is 9.71. The second-order valence-electron chi connectivity index (χ2n) is 6.18. The molecule has 1 fully saturated rings. The van der Waals surface area contributed by atoms with Crippen LogP contribution in [-0.4, -0.2) is 29.7 Å². The van der Waals surface area contributed by atoms with Crippen LogP contribution in [0.5, 0.6) is 0 Å². The number of fused-ring (bicyclic) bond motifs is 1. The third-order valence-corrected chi connectivity index (χ3v) is 4.47. The zero-order valence-electron chi connectivity index (χ0n) is 11.7. The van der Waals surface area contributed by atoms with Crippen LogP contribution in [0, 0.1) is 5.92 Å². The Hall–Kier alpha value is -1.33. The minimum Gasteiger partial charge on any atom is -0.456 e. The zero-order valence-corrected chi connectivity index (χ0v) is 11.7. The van der Waals surface area contributed by atoms with Crippen molar-refractivity contribution in [1.29, 1.82) is 0 Å². The van der Waals surface area contributed by atoms with Crippen molar-refractivity contribution in [3.8, 4) is 0 Å². The summed E-state index contributed by atoms with van der Waals surface area (Å²) in [6.45, 7) is 0.870. The van der Waals surface area contributed by atoms with Crippen LogP contribution >= 0.6 is 0 Å². The smallest absolute Gasteiger partial charge is 0.287 e. The highest BCUT2D eigenvalue weighted by atomic mass is 16.4. The highest BCUT2D eigenvalue weighted by molar-refractivity contribution is 5.91. The summed E-state index contributed by atoms with van der Waals surface area (Å²) in [6, 6.07) is 1.84. The Bertz CT molecular complexity index is 480. The van der Waals surface area contributed by atoms with E-state index >= 15 is 0 Å². The molecule has 0 bridgehead atoms. The Morgan fingerprint density at radius 3 is 2.90 bits per heavy atom. The number of nitrogens with one attached hydrogen (secondary N) is 1. The first-order chi connectivity index (χ1) is 9.59. The third kappa shape index (κ3) is 2.60. The molecular formula is C15H22N2O3. The van der Waals surface area contributed by atoms with Gasteiger partial charge in [0.15, 0.2) is 5.76 Å². The molecule has 3 rings (SSSR count). The molecule has 5 nitrogen and oxygen atoms in total. The predicted octanol–water partition coefficient (Wildman–Crippen LogP) is 0.988. The highest BCUT2D eigenvalue weighted by Gasteiger charge is 2.42. The van der Waals surface area contributed by atoms with Gasteiger partial charge >= 0.3 is 0 Å². The number of carbonyl (C=O) groups is 1. The van der Waals surface area contributed by atoms with Crippen molar-refractivity contribution in [2.75, 3.05) is 13.1 Å². The van der Waals surface area contributed by atoms with Crippen molar-refractivity contribution < 1.29 is 14.3 Å². The van der Waals surface area contributed by atoms with Gasteiger partial charge in [0.25, 0.3) is 5.91 Å². The Kier molecular flexibility index (Phi) is 3.56. The third-order valence-electron chi connectivity index (χ3n) is 4.47. The van der Waals surface area contributed by atoms with E-state index in [-0.39, 0.29) is 12.5 Å². The summed E-state index contributed by atoms with van der Waals surface area (Å²) in [7, 11) is 0. The summed E-state index contributed by atoms with van der Waals surface area (Å²) in [5, 5.41) is 12.9. The molecule has 0 unspecified atom stereocenters. The van der Waals surface area contributed by atoms with Gasteiger partial charge < -0.3 is 20.6 Å². The number of hydrogen-bond donors (Lipinski definition) is 3. The van der Waals surface area contributed by atoms with Crippen molar-refractivity contribution in [2.45, 2.75) is 44.1 Å². The second kappa shape index (κ2) is 5.22. The van der Waals surface area contributed by atoms with Crippen molar-refractivity contribution in [3.05, 3.63) is 23.2 Å². The van der Waals surface area contributed by atoms with E-state index in [1.54, 1.807) is 0 Å². The average molecular weight is 278 g/mol. The molecule has 1 amide bonds. The number of nitrogens with two attached hydrogens (primary N) is 1. The lowest BCUT2D eigenvalue weighted by Gasteiger charge is -2.43. The van der Waals surface area contributed by atoms with Crippen LogP contribution in [0.2, 0.25) is 0 Å². The van der Waals surface area contributed by atoms with Gasteiger partial charge in [0.1, 0.15) is 5.76 Å². The summed E-state index contributed by atoms with van der Waals surface area (Å²) in [5.74, 6) is 1.47. The molecule has 1 aromatic rings. The maximum atomic E-state index is 12.1. The van der Waals surface area contributed by atoms with Crippen LogP contribution in [0.25, 0.3) is 0 Å². The first-order valence-corrected chi connectivity index (χ1v) is 7.42. The summed E-state index contributed by atoms with van der Waals surface area (Å²) < 4.78 is 5.61. The summed E-state index contributed by atoms with van der Waals surface area (Å²) in [6.07, 6.45) is 5.53. The van der Waals surface area contributed by atoms with Gasteiger partial charge in [-0.3, -0.25) is 4.79 Å². The summed E-state index contributed by atoms with van der Waals surface area (Å²) in [5.41, 5.74) is 5.92. The molecular weight excluding hydrogens is 256 g/mol. The fourth-order valence-electron chi connectivity index (χ4n) is 3.26. The number of carbonyl (C=O) groups excluding carboxylic acids is 1. The Balaban J connectivity index is 1.56. The number of rotatable bonds is 4. The highest BCUT2D eigenvalue weighted by Crippen LogP contribution is 2.36. The molecule has 0 aromatic carbocycles. The van der Waals surface area contributed by atoms with Crippen molar-refractivity contribution in [3.63, 3.8) is 0 Å². The normalized spacial score (nSPS) is 28.6. The lowest BCUT2D eigenvalue weighted by molar-refractivity contribution is -0.0665. The lowest BCUT2D eigenvalue weighted by Crippen LogP contribution is -2.53. The molecule has 0 atom stereocenters. The van der Waals surface area contributed by atoms with Crippen LogP contribution in [-0.2, 0) is 12.8 Å². The molecule has 110 valence electrons. The van der Waals surface area contributed by atoms with Gasteiger partial charge in [-0.1, -0.05) is 0 Å². The molecule has 1 heterocycles. The SMILES string of the molecule is NCC1CC(O)(CNC(=O)c2cc3c(o2)CCCC3)C1. The molecule has 2 aliphatic carbocycles. The number of hydrogen-bond acceptors (Lipinski definition) is 4.